The first-order chi connectivity index (χ1) is 12.2. The number of benzene rings is 1. The van der Waals surface area contributed by atoms with Crippen LogP contribution < -0.4 is 5.73 Å². The zero-order valence-corrected chi connectivity index (χ0v) is 12.8. The Kier molecular flexibility index (Phi) is 3.40. The zero-order chi connectivity index (χ0) is 17.4. The van der Waals surface area contributed by atoms with Crippen LogP contribution in [0.5, 0.6) is 0 Å². The van der Waals surface area contributed by atoms with Crippen LogP contribution in [0.15, 0.2) is 47.2 Å². The standard InChI is InChI=1S/C17H11FN6O/c18-13-6-10(7-19)3-4-11(13)9-24-16-12(8-21-24)15(22-17(20)23-16)14-2-1-5-25-14/h1-6,8H,9H2,(H2,20,22,23). The number of halogens is 1. The molecule has 0 fully saturated rings. The molecule has 0 radical (unpaired) electrons. The van der Waals surface area contributed by atoms with Crippen molar-refractivity contribution in [3.8, 4) is 17.5 Å². The molecule has 0 aliphatic carbocycles. The summed E-state index contributed by atoms with van der Waals surface area (Å²) in [6.07, 6.45) is 3.13. The smallest absolute Gasteiger partial charge is 0.222 e. The molecule has 0 spiro atoms. The van der Waals surface area contributed by atoms with Gasteiger partial charge in [0, 0.05) is 5.56 Å². The van der Waals surface area contributed by atoms with Crippen molar-refractivity contribution in [1.82, 2.24) is 19.7 Å². The third kappa shape index (κ3) is 2.57. The molecule has 4 aromatic rings. The Balaban J connectivity index is 1.81. The van der Waals surface area contributed by atoms with Gasteiger partial charge in [0.1, 0.15) is 11.5 Å². The van der Waals surface area contributed by atoms with Gasteiger partial charge >= 0.3 is 0 Å². The van der Waals surface area contributed by atoms with Crippen LogP contribution in [0.25, 0.3) is 22.5 Å². The van der Waals surface area contributed by atoms with Gasteiger partial charge in [-0.1, -0.05) is 6.07 Å². The highest BCUT2D eigenvalue weighted by Crippen LogP contribution is 2.27. The molecule has 0 atom stereocenters. The van der Waals surface area contributed by atoms with Crippen LogP contribution in [0.1, 0.15) is 11.1 Å². The van der Waals surface area contributed by atoms with E-state index in [-0.39, 0.29) is 18.1 Å². The van der Waals surface area contributed by atoms with E-state index < -0.39 is 5.82 Å². The average molecular weight is 334 g/mol. The first kappa shape index (κ1) is 14.8. The second-order valence-corrected chi connectivity index (χ2v) is 5.37. The summed E-state index contributed by atoms with van der Waals surface area (Å²) in [6, 6.07) is 9.72. The molecule has 8 heteroatoms. The Bertz CT molecular complexity index is 1110. The lowest BCUT2D eigenvalue weighted by atomic mass is 10.1. The highest BCUT2D eigenvalue weighted by atomic mass is 19.1. The average Bonchev–Trinajstić information content (AvgIpc) is 3.26. The normalized spacial score (nSPS) is 10.9. The quantitative estimate of drug-likeness (QED) is 0.617. The molecule has 1 aromatic carbocycles. The number of nitrogens with two attached hydrogens (primary N) is 1. The van der Waals surface area contributed by atoms with Crippen LogP contribution in [-0.4, -0.2) is 19.7 Å². The summed E-state index contributed by atoms with van der Waals surface area (Å²) >= 11 is 0. The predicted molar refractivity (Wildman–Crippen MR) is 87.7 cm³/mol. The van der Waals surface area contributed by atoms with Gasteiger partial charge in [-0.25, -0.2) is 14.1 Å². The van der Waals surface area contributed by atoms with E-state index in [4.69, 9.17) is 15.4 Å². The van der Waals surface area contributed by atoms with Crippen molar-refractivity contribution in [2.75, 3.05) is 5.73 Å². The summed E-state index contributed by atoms with van der Waals surface area (Å²) in [5.41, 5.74) is 7.46. The highest BCUT2D eigenvalue weighted by molar-refractivity contribution is 5.89. The van der Waals surface area contributed by atoms with Gasteiger partial charge in [0.25, 0.3) is 0 Å². The number of hydrogen-bond donors (Lipinski definition) is 1. The van der Waals surface area contributed by atoms with Gasteiger partial charge in [-0.3, -0.25) is 0 Å². The molecule has 2 N–H and O–H groups in total. The summed E-state index contributed by atoms with van der Waals surface area (Å²) in [5, 5.41) is 13.8. The first-order valence-electron chi connectivity index (χ1n) is 7.37. The van der Waals surface area contributed by atoms with Gasteiger partial charge in [0.15, 0.2) is 11.4 Å². The third-order valence-corrected chi connectivity index (χ3v) is 3.77. The number of anilines is 1. The van der Waals surface area contributed by atoms with Crippen LogP contribution in [-0.2, 0) is 6.54 Å². The van der Waals surface area contributed by atoms with Crippen molar-refractivity contribution in [2.24, 2.45) is 0 Å². The number of furan rings is 1. The number of aromatic nitrogens is 4. The van der Waals surface area contributed by atoms with Crippen molar-refractivity contribution >= 4 is 17.0 Å². The number of nitrogens with zero attached hydrogens (tertiary/aromatic N) is 5. The molecule has 0 unspecified atom stereocenters. The van der Waals surface area contributed by atoms with E-state index in [1.54, 1.807) is 30.5 Å². The first-order valence-corrected chi connectivity index (χ1v) is 7.37. The summed E-state index contributed by atoms with van der Waals surface area (Å²) in [7, 11) is 0. The molecular weight excluding hydrogens is 323 g/mol. The molecule has 0 amide bonds. The number of hydrogen-bond acceptors (Lipinski definition) is 6. The Morgan fingerprint density at radius 3 is 2.88 bits per heavy atom. The predicted octanol–water partition coefficient (Wildman–Crippen LogP) is 2.73. The van der Waals surface area contributed by atoms with E-state index in [0.29, 0.717) is 28.1 Å². The van der Waals surface area contributed by atoms with E-state index in [2.05, 4.69) is 15.1 Å². The van der Waals surface area contributed by atoms with Crippen molar-refractivity contribution in [2.45, 2.75) is 6.54 Å². The van der Waals surface area contributed by atoms with Gasteiger partial charge in [-0.05, 0) is 24.3 Å². The van der Waals surface area contributed by atoms with Gasteiger partial charge in [0.05, 0.1) is 36.0 Å². The van der Waals surface area contributed by atoms with Crippen molar-refractivity contribution in [1.29, 1.82) is 5.26 Å². The van der Waals surface area contributed by atoms with Gasteiger partial charge in [-0.15, -0.1) is 0 Å². The van der Waals surface area contributed by atoms with Crippen LogP contribution in [0.4, 0.5) is 10.3 Å². The van der Waals surface area contributed by atoms with E-state index in [9.17, 15) is 4.39 Å². The molecule has 0 saturated heterocycles. The Hall–Kier alpha value is -3.73. The molecule has 0 bridgehead atoms. The maximum absolute atomic E-state index is 14.1. The maximum atomic E-state index is 14.1. The summed E-state index contributed by atoms with van der Waals surface area (Å²) in [5.74, 6) is 0.139. The minimum absolute atomic E-state index is 0.0703. The molecule has 0 aliphatic rings. The van der Waals surface area contributed by atoms with E-state index in [1.807, 2.05) is 6.07 Å². The molecule has 0 aliphatic heterocycles. The van der Waals surface area contributed by atoms with Crippen LogP contribution in [0.2, 0.25) is 0 Å². The molecule has 3 aromatic heterocycles. The van der Waals surface area contributed by atoms with Crippen LogP contribution >= 0.6 is 0 Å². The molecule has 0 saturated carbocycles. The van der Waals surface area contributed by atoms with Gasteiger partial charge in [-0.2, -0.15) is 15.3 Å². The second kappa shape index (κ2) is 5.72. The SMILES string of the molecule is N#Cc1ccc(Cn2ncc3c(-c4ccco4)nc(N)nc32)c(F)c1. The summed E-state index contributed by atoms with van der Waals surface area (Å²) in [4.78, 5) is 8.43. The van der Waals surface area contributed by atoms with E-state index in [1.165, 1.54) is 17.0 Å². The lowest BCUT2D eigenvalue weighted by molar-refractivity contribution is 0.580. The monoisotopic (exact) mass is 334 g/mol. The number of nitriles is 1. The van der Waals surface area contributed by atoms with Crippen LogP contribution in [0, 0.1) is 17.1 Å². The van der Waals surface area contributed by atoms with Crippen molar-refractivity contribution < 1.29 is 8.81 Å². The minimum Gasteiger partial charge on any atom is -0.463 e. The maximum Gasteiger partial charge on any atom is 0.222 e. The molecule has 4 rings (SSSR count). The fraction of sp³-hybridized carbons (Fsp3) is 0.0588. The van der Waals surface area contributed by atoms with Crippen molar-refractivity contribution in [3.05, 3.63) is 59.7 Å². The number of fused-ring (bicyclic) bond motifs is 1. The van der Waals surface area contributed by atoms with E-state index >= 15 is 0 Å². The summed E-state index contributed by atoms with van der Waals surface area (Å²) in [6.45, 7) is 0.148. The van der Waals surface area contributed by atoms with Crippen LogP contribution in [0.3, 0.4) is 0 Å². The minimum atomic E-state index is -0.476. The third-order valence-electron chi connectivity index (χ3n) is 3.77. The Labute approximate surface area is 141 Å². The van der Waals surface area contributed by atoms with Gasteiger partial charge in [0.2, 0.25) is 5.95 Å². The molecule has 3 heterocycles. The molecule has 122 valence electrons. The lowest BCUT2D eigenvalue weighted by Gasteiger charge is -2.06. The van der Waals surface area contributed by atoms with E-state index in [0.717, 1.165) is 0 Å². The number of rotatable bonds is 3. The molecular formula is C17H11FN6O. The van der Waals surface area contributed by atoms with Gasteiger partial charge < -0.3 is 10.2 Å². The topological polar surface area (TPSA) is 107 Å². The Morgan fingerprint density at radius 1 is 1.28 bits per heavy atom. The molecule has 7 nitrogen and oxygen atoms in total. The highest BCUT2D eigenvalue weighted by Gasteiger charge is 2.16. The number of nitrogen functional groups attached to an aromatic ring is 1. The fourth-order valence-corrected chi connectivity index (χ4v) is 2.60. The lowest BCUT2D eigenvalue weighted by Crippen LogP contribution is -2.06. The fourth-order valence-electron chi connectivity index (χ4n) is 2.60. The largest absolute Gasteiger partial charge is 0.463 e. The Morgan fingerprint density at radius 2 is 2.16 bits per heavy atom. The second-order valence-electron chi connectivity index (χ2n) is 5.37. The van der Waals surface area contributed by atoms with Crippen molar-refractivity contribution in [3.63, 3.8) is 0 Å². The molecule has 25 heavy (non-hydrogen) atoms. The zero-order valence-electron chi connectivity index (χ0n) is 12.8. The summed E-state index contributed by atoms with van der Waals surface area (Å²) < 4.78 is 21.1.